The molecule has 3 heteroatoms. The fraction of sp³-hybridized carbons (Fsp3) is 0.667. The summed E-state index contributed by atoms with van der Waals surface area (Å²) in [5.41, 5.74) is 5.21. The van der Waals surface area contributed by atoms with Gasteiger partial charge in [-0.05, 0) is 19.3 Å². The minimum Gasteiger partial charge on any atom is -0.351 e. The quantitative estimate of drug-likeness (QED) is 0.579. The van der Waals surface area contributed by atoms with Crippen molar-refractivity contribution >= 4 is 6.03 Å². The van der Waals surface area contributed by atoms with Gasteiger partial charge < -0.3 is 10.6 Å². The van der Waals surface area contributed by atoms with Gasteiger partial charge in [-0.3, -0.25) is 0 Å². The van der Waals surface area contributed by atoms with Crippen molar-refractivity contribution in [3.8, 4) is 12.3 Å². The van der Waals surface area contributed by atoms with Gasteiger partial charge in [0, 0.05) is 19.0 Å². The maximum atomic E-state index is 10.9. The van der Waals surface area contributed by atoms with Crippen LogP contribution in [0.3, 0.4) is 0 Å². The molecule has 1 rings (SSSR count). The van der Waals surface area contributed by atoms with Gasteiger partial charge in [-0.25, -0.2) is 4.79 Å². The highest BCUT2D eigenvalue weighted by molar-refractivity contribution is 5.72. The van der Waals surface area contributed by atoms with Crippen LogP contribution in [0, 0.1) is 12.3 Å². The van der Waals surface area contributed by atoms with Crippen LogP contribution in [-0.2, 0) is 0 Å². The normalized spacial score (nSPS) is 23.2. The van der Waals surface area contributed by atoms with E-state index in [0.717, 1.165) is 25.8 Å². The first-order valence-corrected chi connectivity index (χ1v) is 4.25. The van der Waals surface area contributed by atoms with Crippen molar-refractivity contribution in [2.45, 2.75) is 31.7 Å². The molecule has 2 amide bonds. The van der Waals surface area contributed by atoms with Crippen molar-refractivity contribution in [2.75, 3.05) is 6.54 Å². The van der Waals surface area contributed by atoms with Crippen LogP contribution in [0.2, 0.25) is 0 Å². The van der Waals surface area contributed by atoms with Crippen LogP contribution in [-0.4, -0.2) is 23.5 Å². The van der Waals surface area contributed by atoms with Crippen molar-refractivity contribution in [1.82, 2.24) is 4.90 Å². The van der Waals surface area contributed by atoms with Crippen LogP contribution < -0.4 is 5.73 Å². The van der Waals surface area contributed by atoms with Crippen molar-refractivity contribution < 1.29 is 4.79 Å². The molecule has 12 heavy (non-hydrogen) atoms. The molecule has 1 aliphatic heterocycles. The average molecular weight is 166 g/mol. The summed E-state index contributed by atoms with van der Waals surface area (Å²) in [4.78, 5) is 12.6. The van der Waals surface area contributed by atoms with E-state index in [9.17, 15) is 4.79 Å². The summed E-state index contributed by atoms with van der Waals surface area (Å²) in [6.45, 7) is 0.766. The van der Waals surface area contributed by atoms with Crippen LogP contribution >= 0.6 is 0 Å². The van der Waals surface area contributed by atoms with Crippen molar-refractivity contribution in [3.05, 3.63) is 0 Å². The smallest absolute Gasteiger partial charge is 0.315 e. The van der Waals surface area contributed by atoms with Crippen molar-refractivity contribution in [2.24, 2.45) is 5.73 Å². The molecule has 1 fully saturated rings. The predicted octanol–water partition coefficient (Wildman–Crippen LogP) is 0.943. The van der Waals surface area contributed by atoms with Gasteiger partial charge in [0.1, 0.15) is 0 Å². The fourth-order valence-electron chi connectivity index (χ4n) is 1.64. The topological polar surface area (TPSA) is 46.3 Å². The maximum absolute atomic E-state index is 10.9. The third-order valence-corrected chi connectivity index (χ3v) is 2.26. The van der Waals surface area contributed by atoms with Gasteiger partial charge in [0.25, 0.3) is 0 Å². The first-order valence-electron chi connectivity index (χ1n) is 4.25. The summed E-state index contributed by atoms with van der Waals surface area (Å²) >= 11 is 0. The molecule has 0 bridgehead atoms. The highest BCUT2D eigenvalue weighted by Gasteiger charge is 2.23. The Morgan fingerprint density at radius 1 is 1.67 bits per heavy atom. The van der Waals surface area contributed by atoms with E-state index >= 15 is 0 Å². The Hall–Kier alpha value is -1.17. The number of hydrogen-bond acceptors (Lipinski definition) is 1. The Morgan fingerprint density at radius 3 is 3.00 bits per heavy atom. The summed E-state index contributed by atoms with van der Waals surface area (Å²) in [6.07, 6.45) is 9.01. The molecule has 1 heterocycles. The molecular formula is C9H14N2O. The fourth-order valence-corrected chi connectivity index (χ4v) is 1.64. The molecular weight excluding hydrogens is 152 g/mol. The summed E-state index contributed by atoms with van der Waals surface area (Å²) in [6, 6.07) is -0.156. The van der Waals surface area contributed by atoms with Crippen LogP contribution in [0.4, 0.5) is 4.79 Å². The molecule has 1 aliphatic rings. The van der Waals surface area contributed by atoms with E-state index in [0.29, 0.717) is 6.42 Å². The number of amides is 2. The lowest BCUT2D eigenvalue weighted by Crippen LogP contribution is -2.46. The van der Waals surface area contributed by atoms with Crippen molar-refractivity contribution in [1.29, 1.82) is 0 Å². The average Bonchev–Trinajstić information content (AvgIpc) is 2.05. The molecule has 0 saturated carbocycles. The van der Waals surface area contributed by atoms with Gasteiger partial charge >= 0.3 is 6.03 Å². The second-order valence-electron chi connectivity index (χ2n) is 3.09. The van der Waals surface area contributed by atoms with Crippen LogP contribution in [0.1, 0.15) is 25.7 Å². The van der Waals surface area contributed by atoms with Gasteiger partial charge in [-0.2, -0.15) is 0 Å². The molecule has 2 N–H and O–H groups in total. The second-order valence-corrected chi connectivity index (χ2v) is 3.09. The minimum atomic E-state index is -0.338. The van der Waals surface area contributed by atoms with Gasteiger partial charge in [0.05, 0.1) is 0 Å². The lowest BCUT2D eigenvalue weighted by atomic mass is 10.0. The molecule has 3 nitrogen and oxygen atoms in total. The van der Waals surface area contributed by atoms with E-state index in [-0.39, 0.29) is 12.1 Å². The first-order chi connectivity index (χ1) is 5.75. The molecule has 0 aromatic heterocycles. The molecule has 1 saturated heterocycles. The Balaban J connectivity index is 2.55. The van der Waals surface area contributed by atoms with Gasteiger partial charge in [0.2, 0.25) is 0 Å². The second kappa shape index (κ2) is 4.01. The zero-order chi connectivity index (χ0) is 8.97. The molecule has 1 unspecified atom stereocenters. The summed E-state index contributed by atoms with van der Waals surface area (Å²) in [7, 11) is 0. The zero-order valence-corrected chi connectivity index (χ0v) is 7.12. The molecule has 0 aromatic rings. The van der Waals surface area contributed by atoms with Gasteiger partial charge in [-0.15, -0.1) is 12.3 Å². The molecule has 0 aliphatic carbocycles. The highest BCUT2D eigenvalue weighted by Crippen LogP contribution is 2.18. The number of terminal acetylenes is 1. The number of piperidine rings is 1. The molecule has 0 radical (unpaired) electrons. The van der Waals surface area contributed by atoms with Crippen LogP contribution in [0.5, 0.6) is 0 Å². The minimum absolute atomic E-state index is 0.182. The number of likely N-dealkylation sites (tertiary alicyclic amines) is 1. The van der Waals surface area contributed by atoms with Crippen molar-refractivity contribution in [3.63, 3.8) is 0 Å². The number of primary amides is 1. The van der Waals surface area contributed by atoms with Crippen LogP contribution in [0.25, 0.3) is 0 Å². The Labute approximate surface area is 72.9 Å². The standard InChI is InChI=1S/C9H14N2O/c1-2-5-8-6-3-4-7-11(8)9(10)12/h1,8H,3-7H2,(H2,10,12). The third-order valence-electron chi connectivity index (χ3n) is 2.26. The number of carbonyl (C=O) groups is 1. The third kappa shape index (κ3) is 1.91. The Bertz CT molecular complexity index is 207. The first kappa shape index (κ1) is 8.92. The lowest BCUT2D eigenvalue weighted by molar-refractivity contribution is 0.161. The molecule has 66 valence electrons. The van der Waals surface area contributed by atoms with E-state index in [4.69, 9.17) is 12.2 Å². The van der Waals surface area contributed by atoms with E-state index < -0.39 is 0 Å². The molecule has 0 aromatic carbocycles. The van der Waals surface area contributed by atoms with Gasteiger partial charge in [-0.1, -0.05) is 0 Å². The van der Waals surface area contributed by atoms with E-state index in [1.165, 1.54) is 0 Å². The Kier molecular flexibility index (Phi) is 2.98. The SMILES string of the molecule is C#CCC1CCCCN1C(N)=O. The number of nitrogens with zero attached hydrogens (tertiary/aromatic N) is 1. The number of carbonyl (C=O) groups excluding carboxylic acids is 1. The number of hydrogen-bond donors (Lipinski definition) is 1. The van der Waals surface area contributed by atoms with Crippen LogP contribution in [0.15, 0.2) is 0 Å². The van der Waals surface area contributed by atoms with Gasteiger partial charge in [0.15, 0.2) is 0 Å². The molecule has 1 atom stereocenters. The molecule has 0 spiro atoms. The highest BCUT2D eigenvalue weighted by atomic mass is 16.2. The lowest BCUT2D eigenvalue weighted by Gasteiger charge is -2.33. The monoisotopic (exact) mass is 166 g/mol. The summed E-state index contributed by atoms with van der Waals surface area (Å²) in [5.74, 6) is 2.57. The van der Waals surface area contributed by atoms with E-state index in [1.807, 2.05) is 0 Å². The number of nitrogens with two attached hydrogens (primary N) is 1. The van der Waals surface area contributed by atoms with E-state index in [1.54, 1.807) is 4.90 Å². The number of rotatable bonds is 1. The maximum Gasteiger partial charge on any atom is 0.315 e. The Morgan fingerprint density at radius 2 is 2.42 bits per heavy atom. The predicted molar refractivity (Wildman–Crippen MR) is 47.4 cm³/mol. The summed E-state index contributed by atoms with van der Waals surface area (Å²) < 4.78 is 0. The van der Waals surface area contributed by atoms with E-state index in [2.05, 4.69) is 5.92 Å². The largest absolute Gasteiger partial charge is 0.351 e. The zero-order valence-electron chi connectivity index (χ0n) is 7.12. The number of urea groups is 1. The summed E-state index contributed by atoms with van der Waals surface area (Å²) in [5, 5.41) is 0.